The van der Waals surface area contributed by atoms with Crippen LogP contribution in [-0.4, -0.2) is 29.0 Å². The Morgan fingerprint density at radius 1 is 1.06 bits per heavy atom. The van der Waals surface area contributed by atoms with Gasteiger partial charge in [-0.15, -0.1) is 0 Å². The molecule has 1 heterocycles. The van der Waals surface area contributed by atoms with Gasteiger partial charge in [0.15, 0.2) is 0 Å². The summed E-state index contributed by atoms with van der Waals surface area (Å²) in [5, 5.41) is 10.3. The minimum absolute atomic E-state index is 0.0366. The molecular weight excluding hydrogens is 445 g/mol. The molecular formula is C25H25F3N4O2. The second-order valence-corrected chi connectivity index (χ2v) is 8.20. The molecule has 2 aromatic carbocycles. The van der Waals surface area contributed by atoms with Gasteiger partial charge in [0.2, 0.25) is 0 Å². The first kappa shape index (κ1) is 23.4. The van der Waals surface area contributed by atoms with Gasteiger partial charge >= 0.3 is 12.2 Å². The minimum Gasteiger partial charge on any atom is -0.497 e. The highest BCUT2D eigenvalue weighted by Gasteiger charge is 2.31. The number of aromatic nitrogens is 2. The molecule has 2 atom stereocenters. The van der Waals surface area contributed by atoms with Crippen molar-refractivity contribution in [3.8, 4) is 11.4 Å². The largest absolute Gasteiger partial charge is 0.497 e. The number of amides is 2. The van der Waals surface area contributed by atoms with Crippen molar-refractivity contribution in [2.24, 2.45) is 0 Å². The number of carbonyl (C=O) groups excluding carboxylic acids is 1. The van der Waals surface area contributed by atoms with E-state index in [-0.39, 0.29) is 18.0 Å². The highest BCUT2D eigenvalue weighted by atomic mass is 19.4. The van der Waals surface area contributed by atoms with E-state index in [2.05, 4.69) is 15.7 Å². The summed E-state index contributed by atoms with van der Waals surface area (Å²) in [5.74, 6) is 0.740. The molecule has 2 N–H and O–H groups in total. The molecule has 1 aliphatic carbocycles. The molecule has 34 heavy (non-hydrogen) atoms. The Bertz CT molecular complexity index is 1200. The molecule has 0 spiro atoms. The van der Waals surface area contributed by atoms with Crippen LogP contribution in [0.25, 0.3) is 5.69 Å². The molecule has 1 aromatic heterocycles. The van der Waals surface area contributed by atoms with Crippen molar-refractivity contribution in [3.05, 3.63) is 83.2 Å². The monoisotopic (exact) mass is 470 g/mol. The highest BCUT2D eigenvalue weighted by Crippen LogP contribution is 2.35. The van der Waals surface area contributed by atoms with Crippen molar-refractivity contribution >= 4 is 11.7 Å². The summed E-state index contributed by atoms with van der Waals surface area (Å²) in [7, 11) is 1.58. The maximum atomic E-state index is 12.9. The van der Waals surface area contributed by atoms with Gasteiger partial charge in [-0.2, -0.15) is 18.3 Å². The van der Waals surface area contributed by atoms with Gasteiger partial charge in [0.05, 0.1) is 24.1 Å². The number of carbonyl (C=O) groups is 1. The molecule has 0 saturated heterocycles. The number of benzene rings is 2. The zero-order chi connectivity index (χ0) is 24.5. The number of allylic oxidation sites excluding steroid dienone is 1. The third-order valence-electron chi connectivity index (χ3n) is 5.91. The maximum absolute atomic E-state index is 12.9. The molecule has 4 rings (SSSR count). The molecule has 2 unspecified atom stereocenters. The number of urea groups is 1. The number of hydrogen-bond donors (Lipinski definition) is 2. The van der Waals surface area contributed by atoms with Gasteiger partial charge in [-0.1, -0.05) is 12.2 Å². The van der Waals surface area contributed by atoms with Crippen molar-refractivity contribution < 1.29 is 22.7 Å². The van der Waals surface area contributed by atoms with Crippen molar-refractivity contribution in [2.45, 2.75) is 38.4 Å². The summed E-state index contributed by atoms with van der Waals surface area (Å²) in [6.07, 6.45) is 0.268. The Kier molecular flexibility index (Phi) is 6.37. The van der Waals surface area contributed by atoms with Crippen LogP contribution in [0.5, 0.6) is 5.75 Å². The van der Waals surface area contributed by atoms with E-state index in [1.807, 2.05) is 26.0 Å². The fourth-order valence-corrected chi connectivity index (χ4v) is 4.26. The van der Waals surface area contributed by atoms with Crippen molar-refractivity contribution in [1.29, 1.82) is 0 Å². The Hall–Kier alpha value is -3.75. The predicted molar refractivity (Wildman–Crippen MR) is 123 cm³/mol. The molecule has 0 bridgehead atoms. The third kappa shape index (κ3) is 4.93. The van der Waals surface area contributed by atoms with Crippen molar-refractivity contribution in [3.63, 3.8) is 0 Å². The van der Waals surface area contributed by atoms with Crippen LogP contribution in [0.4, 0.5) is 23.7 Å². The Balaban J connectivity index is 1.42. The number of alkyl halides is 3. The Labute approximate surface area is 195 Å². The quantitative estimate of drug-likeness (QED) is 0.467. The topological polar surface area (TPSA) is 68.2 Å². The summed E-state index contributed by atoms with van der Waals surface area (Å²) >= 11 is 0. The van der Waals surface area contributed by atoms with Crippen LogP contribution in [-0.2, 0) is 6.18 Å². The molecule has 9 heteroatoms. The second kappa shape index (κ2) is 9.24. The van der Waals surface area contributed by atoms with Crippen molar-refractivity contribution in [1.82, 2.24) is 15.1 Å². The van der Waals surface area contributed by atoms with Crippen molar-refractivity contribution in [2.75, 3.05) is 12.4 Å². The molecule has 1 aliphatic rings. The summed E-state index contributed by atoms with van der Waals surface area (Å²) in [5.41, 5.74) is 3.19. The lowest BCUT2D eigenvalue weighted by Gasteiger charge is -2.15. The average Bonchev–Trinajstić information content (AvgIpc) is 3.36. The zero-order valence-electron chi connectivity index (χ0n) is 19.0. The van der Waals surface area contributed by atoms with E-state index < -0.39 is 11.7 Å². The second-order valence-electron chi connectivity index (χ2n) is 8.20. The van der Waals surface area contributed by atoms with E-state index in [0.29, 0.717) is 23.5 Å². The van der Waals surface area contributed by atoms with E-state index in [1.54, 1.807) is 36.1 Å². The van der Waals surface area contributed by atoms with E-state index >= 15 is 0 Å². The van der Waals surface area contributed by atoms with Crippen LogP contribution in [0, 0.1) is 13.8 Å². The molecule has 0 radical (unpaired) electrons. The normalized spacial score (nSPS) is 17.6. The zero-order valence-corrected chi connectivity index (χ0v) is 19.0. The molecule has 3 aromatic rings. The third-order valence-corrected chi connectivity index (χ3v) is 5.91. The standard InChI is InChI=1S/C25H25F3N4O2/c1-15-23(16(2)32(31-15)21-10-5-18(6-11-21)25(26,27)28)17-4-7-20(14-17)30-24(33)29-19-8-12-22(34-3)13-9-19/h4-13,17,20H,14H2,1-3H3,(H2,29,30,33). The van der Waals surface area contributed by atoms with Gasteiger partial charge in [0, 0.05) is 28.9 Å². The first-order chi connectivity index (χ1) is 16.2. The lowest BCUT2D eigenvalue weighted by Crippen LogP contribution is -2.36. The highest BCUT2D eigenvalue weighted by molar-refractivity contribution is 5.89. The molecule has 178 valence electrons. The average molecular weight is 470 g/mol. The number of ether oxygens (including phenoxy) is 1. The first-order valence-corrected chi connectivity index (χ1v) is 10.8. The summed E-state index contributed by atoms with van der Waals surface area (Å²) in [6, 6.07) is 11.5. The molecule has 2 amide bonds. The first-order valence-electron chi connectivity index (χ1n) is 10.8. The smallest absolute Gasteiger partial charge is 0.416 e. The number of rotatable bonds is 5. The van der Waals surface area contributed by atoms with Gasteiger partial charge in [-0.25, -0.2) is 9.48 Å². The summed E-state index contributed by atoms with van der Waals surface area (Å²) in [4.78, 5) is 12.4. The van der Waals surface area contributed by atoms with Gasteiger partial charge in [0.1, 0.15) is 5.75 Å². The van der Waals surface area contributed by atoms with Crippen LogP contribution in [0.15, 0.2) is 60.7 Å². The lowest BCUT2D eigenvalue weighted by molar-refractivity contribution is -0.137. The van der Waals surface area contributed by atoms with Gasteiger partial charge in [-0.05, 0) is 68.8 Å². The Morgan fingerprint density at radius 3 is 2.35 bits per heavy atom. The number of halogens is 3. The number of aryl methyl sites for hydroxylation is 1. The number of hydrogen-bond acceptors (Lipinski definition) is 3. The minimum atomic E-state index is -4.38. The van der Waals surface area contributed by atoms with Gasteiger partial charge in [-0.3, -0.25) is 0 Å². The molecule has 0 aliphatic heterocycles. The summed E-state index contributed by atoms with van der Waals surface area (Å²) < 4.78 is 45.4. The predicted octanol–water partition coefficient (Wildman–Crippen LogP) is 5.75. The number of anilines is 1. The lowest BCUT2D eigenvalue weighted by atomic mass is 9.96. The van der Waals surface area contributed by atoms with Crippen LogP contribution < -0.4 is 15.4 Å². The molecule has 6 nitrogen and oxygen atoms in total. The molecule has 0 fully saturated rings. The number of nitrogens with one attached hydrogen (secondary N) is 2. The van der Waals surface area contributed by atoms with Gasteiger partial charge < -0.3 is 15.4 Å². The Morgan fingerprint density at radius 2 is 1.74 bits per heavy atom. The van der Waals surface area contributed by atoms with E-state index in [4.69, 9.17) is 4.74 Å². The number of methoxy groups -OCH3 is 1. The van der Waals surface area contributed by atoms with Crippen LogP contribution in [0.2, 0.25) is 0 Å². The molecule has 0 saturated carbocycles. The van der Waals surface area contributed by atoms with E-state index in [9.17, 15) is 18.0 Å². The van der Waals surface area contributed by atoms with Gasteiger partial charge in [0.25, 0.3) is 0 Å². The van der Waals surface area contributed by atoms with E-state index in [0.717, 1.165) is 29.1 Å². The van der Waals surface area contributed by atoms with E-state index in [1.165, 1.54) is 12.1 Å². The van der Waals surface area contributed by atoms with Crippen LogP contribution >= 0.6 is 0 Å². The van der Waals surface area contributed by atoms with Crippen LogP contribution in [0.3, 0.4) is 0 Å². The van der Waals surface area contributed by atoms with Crippen LogP contribution in [0.1, 0.15) is 34.9 Å². The SMILES string of the molecule is COc1ccc(NC(=O)NC2C=CC(c3c(C)nn(-c4ccc(C(F)(F)F)cc4)c3C)C2)cc1. The fourth-order valence-electron chi connectivity index (χ4n) is 4.26. The number of nitrogens with zero attached hydrogens (tertiary/aromatic N) is 2. The maximum Gasteiger partial charge on any atom is 0.416 e. The fraction of sp³-hybridized carbons (Fsp3) is 0.280. The summed E-state index contributed by atoms with van der Waals surface area (Å²) in [6.45, 7) is 3.78.